The number of aldehydes is 4. The van der Waals surface area contributed by atoms with E-state index in [1.54, 1.807) is 0 Å². The highest BCUT2D eigenvalue weighted by molar-refractivity contribution is 6.51. The van der Waals surface area contributed by atoms with E-state index in [2.05, 4.69) is 21.3 Å². The van der Waals surface area contributed by atoms with Crippen LogP contribution in [-0.4, -0.2) is 48.5 Å². The lowest BCUT2D eigenvalue weighted by atomic mass is 10.1. The van der Waals surface area contributed by atoms with E-state index < -0.39 is 0 Å². The molecule has 0 aliphatic carbocycles. The molecule has 0 fully saturated rings. The number of benzene rings is 4. The maximum absolute atomic E-state index is 10.9. The molecule has 0 atom stereocenters. The Morgan fingerprint density at radius 1 is 0.333 bits per heavy atom. The van der Waals surface area contributed by atoms with E-state index in [-0.39, 0.29) is 11.6 Å². The molecular weight excluding hydrogens is 681 g/mol. The minimum atomic E-state index is 0.287. The normalized spacial score (nSPS) is 13.3. The molecule has 0 spiro atoms. The van der Waals surface area contributed by atoms with Gasteiger partial charge in [0.2, 0.25) is 11.6 Å². The highest BCUT2D eigenvalue weighted by Crippen LogP contribution is 2.25. The quantitative estimate of drug-likeness (QED) is 0.0928. The molecule has 0 bridgehead atoms. The molecule has 6 rings (SSSR count). The lowest BCUT2D eigenvalue weighted by Gasteiger charge is -2.11. The average Bonchev–Trinajstić information content (AvgIpc) is 3.79. The van der Waals surface area contributed by atoms with Gasteiger partial charge in [0.15, 0.2) is 23.3 Å². The lowest BCUT2D eigenvalue weighted by Crippen LogP contribution is -2.27. The maximum atomic E-state index is 10.9. The van der Waals surface area contributed by atoms with Crippen molar-refractivity contribution < 1.29 is 19.2 Å². The third-order valence-electron chi connectivity index (χ3n) is 8.59. The van der Waals surface area contributed by atoms with Gasteiger partial charge in [-0.2, -0.15) is 0 Å². The number of amidine groups is 4. The number of hydrogen-bond donors (Lipinski definition) is 4. The topological polar surface area (TPSA) is 166 Å². The Labute approximate surface area is 313 Å². The summed E-state index contributed by atoms with van der Waals surface area (Å²) in [5.74, 6) is 2.41. The summed E-state index contributed by atoms with van der Waals surface area (Å²) in [5.41, 5.74) is 7.32. The van der Waals surface area contributed by atoms with E-state index in [1.807, 2.05) is 97.1 Å². The molecular formula is C42H40N8O4. The zero-order valence-electron chi connectivity index (χ0n) is 29.6. The molecule has 4 aromatic rings. The fraction of sp³-hybridized carbons (Fsp3) is 0.190. The van der Waals surface area contributed by atoms with Crippen LogP contribution >= 0.6 is 0 Å². The number of nitrogens with one attached hydrogen (secondary N) is 4. The van der Waals surface area contributed by atoms with Crippen LogP contribution in [-0.2, 0) is 44.9 Å². The van der Waals surface area contributed by atoms with Gasteiger partial charge in [-0.3, -0.25) is 0 Å². The van der Waals surface area contributed by atoms with E-state index >= 15 is 0 Å². The van der Waals surface area contributed by atoms with Crippen LogP contribution in [0.2, 0.25) is 0 Å². The van der Waals surface area contributed by atoms with Crippen molar-refractivity contribution in [3.05, 3.63) is 131 Å². The minimum absolute atomic E-state index is 0.287. The smallest absolute Gasteiger partial charge is 0.202 e. The fourth-order valence-corrected chi connectivity index (χ4v) is 5.70. The van der Waals surface area contributed by atoms with Crippen LogP contribution < -0.4 is 21.3 Å². The summed E-state index contributed by atoms with van der Waals surface area (Å²) < 4.78 is 0. The number of carbonyl (C=O) groups is 4. The Hall–Kier alpha value is -6.82. The molecule has 0 saturated heterocycles. The van der Waals surface area contributed by atoms with Crippen molar-refractivity contribution >= 4 is 71.2 Å². The standard InChI is InChI=1S/C42H40N8O4/c51-25-1-5-29-9-17-33(18-10-29)43-37-38(44-34-19-11-30(12-20-34)6-2-26-52)48-41(47-37)42-49-39(45-35-21-13-31(14-22-35)7-3-27-53)40(50-42)46-36-23-15-32(16-24-36)8-4-28-54/h9-28H,1-8H2,(H,43,47)(H,44,48)(H,45,49)(H,46,50). The van der Waals surface area contributed by atoms with Gasteiger partial charge in [0.25, 0.3) is 0 Å². The van der Waals surface area contributed by atoms with E-state index in [0.717, 1.165) is 70.1 Å². The SMILES string of the molecule is O=CCCc1ccc(NC2=NC(=C3N=C(Nc4ccc(CCC=O)cc4)C(Nc4ccc(CCC=O)cc4)=N3)N=C2Nc2ccc(CCC=O)cc2)cc1. The first-order valence-corrected chi connectivity index (χ1v) is 17.8. The molecule has 4 aromatic carbocycles. The number of rotatable bonds is 16. The molecule has 4 N–H and O–H groups in total. The summed E-state index contributed by atoms with van der Waals surface area (Å²) in [5, 5.41) is 13.5. The summed E-state index contributed by atoms with van der Waals surface area (Å²) in [7, 11) is 0. The van der Waals surface area contributed by atoms with Gasteiger partial charge in [-0.15, -0.1) is 0 Å². The molecule has 2 aliphatic heterocycles. The summed E-state index contributed by atoms with van der Waals surface area (Å²) in [6.07, 6.45) is 8.13. The maximum Gasteiger partial charge on any atom is 0.202 e. The number of nitrogens with zero attached hydrogens (tertiary/aromatic N) is 4. The van der Waals surface area contributed by atoms with Gasteiger partial charge in [0.1, 0.15) is 25.1 Å². The molecule has 0 aromatic heterocycles. The second-order valence-electron chi connectivity index (χ2n) is 12.6. The lowest BCUT2D eigenvalue weighted by molar-refractivity contribution is -0.108. The highest BCUT2D eigenvalue weighted by atomic mass is 16.1. The van der Waals surface area contributed by atoms with Crippen molar-refractivity contribution in [3.8, 4) is 0 Å². The van der Waals surface area contributed by atoms with Crippen LogP contribution in [0, 0.1) is 0 Å². The van der Waals surface area contributed by atoms with Crippen LogP contribution in [0.25, 0.3) is 0 Å². The van der Waals surface area contributed by atoms with Gasteiger partial charge in [-0.05, 0) is 96.5 Å². The zero-order chi connectivity index (χ0) is 37.5. The van der Waals surface area contributed by atoms with Gasteiger partial charge in [0, 0.05) is 48.4 Å². The van der Waals surface area contributed by atoms with Crippen LogP contribution in [0.4, 0.5) is 22.7 Å². The molecule has 0 radical (unpaired) electrons. The van der Waals surface area contributed by atoms with Crippen molar-refractivity contribution in [3.63, 3.8) is 0 Å². The van der Waals surface area contributed by atoms with E-state index in [4.69, 9.17) is 20.0 Å². The van der Waals surface area contributed by atoms with Gasteiger partial charge in [-0.1, -0.05) is 48.5 Å². The molecule has 2 heterocycles. The average molecular weight is 721 g/mol. The number of anilines is 4. The highest BCUT2D eigenvalue weighted by Gasteiger charge is 2.26. The Balaban J connectivity index is 1.32. The van der Waals surface area contributed by atoms with Crippen molar-refractivity contribution in [2.45, 2.75) is 51.4 Å². The van der Waals surface area contributed by atoms with Crippen LogP contribution in [0.15, 0.2) is 129 Å². The van der Waals surface area contributed by atoms with Crippen molar-refractivity contribution in [1.82, 2.24) is 0 Å². The minimum Gasteiger partial charge on any atom is -0.337 e. The molecule has 0 unspecified atom stereocenters. The van der Waals surface area contributed by atoms with Crippen LogP contribution in [0.3, 0.4) is 0 Å². The fourth-order valence-electron chi connectivity index (χ4n) is 5.70. The van der Waals surface area contributed by atoms with Gasteiger partial charge >= 0.3 is 0 Å². The Morgan fingerprint density at radius 2 is 0.537 bits per heavy atom. The number of hydrogen-bond acceptors (Lipinski definition) is 12. The summed E-state index contributed by atoms with van der Waals surface area (Å²) in [6, 6.07) is 31.2. The third-order valence-corrected chi connectivity index (χ3v) is 8.59. The predicted octanol–water partition coefficient (Wildman–Crippen LogP) is 6.71. The summed E-state index contributed by atoms with van der Waals surface area (Å²) in [6.45, 7) is 0. The van der Waals surface area contributed by atoms with E-state index in [0.29, 0.717) is 74.7 Å². The monoisotopic (exact) mass is 720 g/mol. The molecule has 54 heavy (non-hydrogen) atoms. The van der Waals surface area contributed by atoms with Crippen molar-refractivity contribution in [2.75, 3.05) is 21.3 Å². The van der Waals surface area contributed by atoms with Gasteiger partial charge in [-0.25, -0.2) is 20.0 Å². The van der Waals surface area contributed by atoms with Crippen molar-refractivity contribution in [1.29, 1.82) is 0 Å². The van der Waals surface area contributed by atoms with Crippen LogP contribution in [0.5, 0.6) is 0 Å². The van der Waals surface area contributed by atoms with Crippen molar-refractivity contribution in [2.24, 2.45) is 20.0 Å². The summed E-state index contributed by atoms with van der Waals surface area (Å²) in [4.78, 5) is 62.8. The Bertz CT molecular complexity index is 1810. The molecule has 0 saturated carbocycles. The molecule has 272 valence electrons. The number of carbonyl (C=O) groups excluding carboxylic acids is 4. The predicted molar refractivity (Wildman–Crippen MR) is 215 cm³/mol. The van der Waals surface area contributed by atoms with Gasteiger partial charge < -0.3 is 40.4 Å². The second kappa shape index (κ2) is 18.6. The molecule has 2 aliphatic rings. The van der Waals surface area contributed by atoms with Gasteiger partial charge in [0.05, 0.1) is 0 Å². The third kappa shape index (κ3) is 10.2. The zero-order valence-corrected chi connectivity index (χ0v) is 29.6. The molecule has 12 nitrogen and oxygen atoms in total. The van der Waals surface area contributed by atoms with E-state index in [1.165, 1.54) is 0 Å². The first-order valence-electron chi connectivity index (χ1n) is 17.8. The first-order chi connectivity index (χ1) is 26.5. The second-order valence-corrected chi connectivity index (χ2v) is 12.6. The molecule has 0 amide bonds. The Morgan fingerprint density at radius 3 is 0.722 bits per heavy atom. The number of aliphatic imine (C=N–C) groups is 4. The first kappa shape index (κ1) is 37.0. The van der Waals surface area contributed by atoms with E-state index in [9.17, 15) is 19.2 Å². The number of aryl methyl sites for hydroxylation is 4. The largest absolute Gasteiger partial charge is 0.337 e. The summed E-state index contributed by atoms with van der Waals surface area (Å²) >= 11 is 0. The Kier molecular flexibility index (Phi) is 12.7. The van der Waals surface area contributed by atoms with Crippen LogP contribution in [0.1, 0.15) is 47.9 Å². The molecule has 12 heteroatoms.